The topological polar surface area (TPSA) is 67.5 Å². The number of hydrogen-bond acceptors (Lipinski definition) is 4. The fourth-order valence-electron chi connectivity index (χ4n) is 1.59. The Morgan fingerprint density at radius 1 is 1.48 bits per heavy atom. The van der Waals surface area contributed by atoms with Gasteiger partial charge in [-0.25, -0.2) is 4.39 Å². The van der Waals surface area contributed by atoms with Crippen LogP contribution >= 0.6 is 15.9 Å². The molecule has 0 saturated carbocycles. The standard InChI is InChI=1S/C17H22BrFN2O2/c1-12(19)17(20)8-16(18)13(2)21-9-15(22)11-23-10-14-6-4-3-5-7-14/h3-8,15,21-22H,2,9-11,20H2,1H3/b16-8+,17-12-/t15-/m1/s1. The van der Waals surface area contributed by atoms with Gasteiger partial charge in [0, 0.05) is 16.7 Å². The normalized spacial score (nSPS) is 14.2. The lowest BCUT2D eigenvalue weighted by atomic mass is 10.2. The zero-order valence-corrected chi connectivity index (χ0v) is 14.6. The first-order valence-corrected chi connectivity index (χ1v) is 7.91. The minimum absolute atomic E-state index is 0.0200. The monoisotopic (exact) mass is 384 g/mol. The summed E-state index contributed by atoms with van der Waals surface area (Å²) in [6.07, 6.45) is 0.731. The van der Waals surface area contributed by atoms with E-state index < -0.39 is 11.9 Å². The van der Waals surface area contributed by atoms with Gasteiger partial charge in [-0.3, -0.25) is 0 Å². The van der Waals surface area contributed by atoms with Crippen LogP contribution in [0.4, 0.5) is 4.39 Å². The highest BCUT2D eigenvalue weighted by Crippen LogP contribution is 2.16. The van der Waals surface area contributed by atoms with E-state index in [1.165, 1.54) is 13.0 Å². The Labute approximate surface area is 144 Å². The molecular weight excluding hydrogens is 363 g/mol. The molecule has 126 valence electrons. The second-order valence-electron chi connectivity index (χ2n) is 5.00. The Balaban J connectivity index is 2.31. The SMILES string of the molecule is C=C(NC[C@@H](O)COCc1ccccc1)/C(Br)=C\C(N)=C(/C)F. The first kappa shape index (κ1) is 19.4. The van der Waals surface area contributed by atoms with E-state index in [9.17, 15) is 9.50 Å². The van der Waals surface area contributed by atoms with Crippen molar-refractivity contribution in [1.82, 2.24) is 5.32 Å². The third-order valence-electron chi connectivity index (χ3n) is 2.94. The summed E-state index contributed by atoms with van der Waals surface area (Å²) in [4.78, 5) is 0. The molecule has 0 aromatic heterocycles. The molecule has 4 nitrogen and oxygen atoms in total. The van der Waals surface area contributed by atoms with E-state index in [1.54, 1.807) is 0 Å². The number of aliphatic hydroxyl groups excluding tert-OH is 1. The van der Waals surface area contributed by atoms with Crippen LogP contribution in [0.5, 0.6) is 0 Å². The van der Waals surface area contributed by atoms with Crippen LogP contribution in [0.25, 0.3) is 0 Å². The molecule has 0 aliphatic carbocycles. The molecule has 0 unspecified atom stereocenters. The van der Waals surface area contributed by atoms with Crippen molar-refractivity contribution in [2.75, 3.05) is 13.2 Å². The van der Waals surface area contributed by atoms with Gasteiger partial charge in [0.1, 0.15) is 5.83 Å². The third-order valence-corrected chi connectivity index (χ3v) is 3.65. The molecule has 0 saturated heterocycles. The molecule has 0 heterocycles. The number of allylic oxidation sites excluding steroid dienone is 3. The van der Waals surface area contributed by atoms with Crippen molar-refractivity contribution >= 4 is 15.9 Å². The lowest BCUT2D eigenvalue weighted by Crippen LogP contribution is -2.29. The predicted molar refractivity (Wildman–Crippen MR) is 94.3 cm³/mol. The number of benzene rings is 1. The van der Waals surface area contributed by atoms with Crippen molar-refractivity contribution < 1.29 is 14.2 Å². The van der Waals surface area contributed by atoms with E-state index in [2.05, 4.69) is 27.8 Å². The fraction of sp³-hybridized carbons (Fsp3) is 0.294. The van der Waals surface area contributed by atoms with Crippen molar-refractivity contribution in [3.05, 3.63) is 70.3 Å². The van der Waals surface area contributed by atoms with Crippen LogP contribution < -0.4 is 11.1 Å². The maximum Gasteiger partial charge on any atom is 0.120 e. The molecule has 1 aromatic rings. The number of aliphatic hydroxyl groups is 1. The highest BCUT2D eigenvalue weighted by molar-refractivity contribution is 9.12. The van der Waals surface area contributed by atoms with E-state index in [-0.39, 0.29) is 18.8 Å². The first-order valence-electron chi connectivity index (χ1n) is 7.12. The number of halogens is 2. The van der Waals surface area contributed by atoms with Crippen LogP contribution in [0.3, 0.4) is 0 Å². The van der Waals surface area contributed by atoms with Crippen LogP contribution in [0.1, 0.15) is 12.5 Å². The molecule has 4 N–H and O–H groups in total. The van der Waals surface area contributed by atoms with Gasteiger partial charge in [-0.15, -0.1) is 0 Å². The molecule has 0 bridgehead atoms. The zero-order chi connectivity index (χ0) is 17.2. The van der Waals surface area contributed by atoms with E-state index >= 15 is 0 Å². The van der Waals surface area contributed by atoms with Crippen LogP contribution in [0.15, 0.2) is 64.7 Å². The Kier molecular flexibility index (Phi) is 8.61. The molecule has 1 aromatic carbocycles. The minimum atomic E-state index is -0.688. The van der Waals surface area contributed by atoms with Gasteiger partial charge in [-0.05, 0) is 34.5 Å². The molecular formula is C17H22BrFN2O2. The highest BCUT2D eigenvalue weighted by atomic mass is 79.9. The number of ether oxygens (including phenoxy) is 1. The molecule has 6 heteroatoms. The number of nitrogens with one attached hydrogen (secondary N) is 1. The van der Waals surface area contributed by atoms with Gasteiger partial charge >= 0.3 is 0 Å². The lowest BCUT2D eigenvalue weighted by molar-refractivity contribution is 0.0301. The van der Waals surface area contributed by atoms with E-state index in [0.29, 0.717) is 16.8 Å². The smallest absolute Gasteiger partial charge is 0.120 e. The number of nitrogens with two attached hydrogens (primary N) is 1. The van der Waals surface area contributed by atoms with Crippen molar-refractivity contribution in [3.8, 4) is 0 Å². The van der Waals surface area contributed by atoms with Gasteiger partial charge in [-0.2, -0.15) is 0 Å². The zero-order valence-electron chi connectivity index (χ0n) is 13.1. The van der Waals surface area contributed by atoms with Crippen LogP contribution in [-0.2, 0) is 11.3 Å². The molecule has 0 fully saturated rings. The van der Waals surface area contributed by atoms with E-state index in [4.69, 9.17) is 10.5 Å². The molecule has 1 rings (SSSR count). The molecule has 0 radical (unpaired) electrons. The molecule has 0 spiro atoms. The Morgan fingerprint density at radius 3 is 2.74 bits per heavy atom. The second kappa shape index (κ2) is 10.2. The summed E-state index contributed by atoms with van der Waals surface area (Å²) < 4.78 is 18.9. The van der Waals surface area contributed by atoms with Gasteiger partial charge in [0.25, 0.3) is 0 Å². The summed E-state index contributed by atoms with van der Waals surface area (Å²) in [7, 11) is 0. The van der Waals surface area contributed by atoms with Gasteiger partial charge < -0.3 is 20.9 Å². The quantitative estimate of drug-likeness (QED) is 0.572. The summed E-state index contributed by atoms with van der Waals surface area (Å²) in [5.41, 5.74) is 7.06. The summed E-state index contributed by atoms with van der Waals surface area (Å²) in [5.74, 6) is -0.468. The summed E-state index contributed by atoms with van der Waals surface area (Å²) in [6.45, 7) is 5.96. The fourth-order valence-corrected chi connectivity index (χ4v) is 1.98. The highest BCUT2D eigenvalue weighted by Gasteiger charge is 2.07. The second-order valence-corrected chi connectivity index (χ2v) is 5.85. The summed E-state index contributed by atoms with van der Waals surface area (Å²) in [5, 5.41) is 12.8. The van der Waals surface area contributed by atoms with E-state index in [0.717, 1.165) is 5.56 Å². The van der Waals surface area contributed by atoms with Crippen molar-refractivity contribution in [2.45, 2.75) is 19.6 Å². The van der Waals surface area contributed by atoms with Gasteiger partial charge in [-0.1, -0.05) is 36.9 Å². The maximum absolute atomic E-state index is 12.9. The van der Waals surface area contributed by atoms with Crippen LogP contribution in [0, 0.1) is 0 Å². The van der Waals surface area contributed by atoms with Gasteiger partial charge in [0.2, 0.25) is 0 Å². The largest absolute Gasteiger partial charge is 0.397 e. The van der Waals surface area contributed by atoms with Crippen molar-refractivity contribution in [1.29, 1.82) is 0 Å². The average Bonchev–Trinajstić information content (AvgIpc) is 2.53. The van der Waals surface area contributed by atoms with E-state index in [1.807, 2.05) is 30.3 Å². The minimum Gasteiger partial charge on any atom is -0.397 e. The third kappa shape index (κ3) is 7.97. The number of hydrogen-bond donors (Lipinski definition) is 3. The maximum atomic E-state index is 12.9. The first-order chi connectivity index (χ1) is 10.9. The lowest BCUT2D eigenvalue weighted by Gasteiger charge is -2.14. The average molecular weight is 385 g/mol. The molecule has 0 amide bonds. The molecule has 0 aliphatic rings. The summed E-state index contributed by atoms with van der Waals surface area (Å²) >= 11 is 3.25. The van der Waals surface area contributed by atoms with Crippen molar-refractivity contribution in [2.24, 2.45) is 5.73 Å². The molecule has 1 atom stereocenters. The van der Waals surface area contributed by atoms with Gasteiger partial charge in [0.15, 0.2) is 0 Å². The Hall–Kier alpha value is -1.63. The Morgan fingerprint density at radius 2 is 2.13 bits per heavy atom. The Bertz CT molecular complexity index is 569. The molecule has 23 heavy (non-hydrogen) atoms. The van der Waals surface area contributed by atoms with Crippen LogP contribution in [0.2, 0.25) is 0 Å². The van der Waals surface area contributed by atoms with Crippen LogP contribution in [-0.4, -0.2) is 24.4 Å². The van der Waals surface area contributed by atoms with Crippen molar-refractivity contribution in [3.63, 3.8) is 0 Å². The number of rotatable bonds is 9. The molecule has 0 aliphatic heterocycles. The predicted octanol–water partition coefficient (Wildman–Crippen LogP) is 3.11. The summed E-state index contributed by atoms with van der Waals surface area (Å²) in [6, 6.07) is 9.72. The van der Waals surface area contributed by atoms with Gasteiger partial charge in [0.05, 0.1) is 25.0 Å².